The molecule has 0 saturated carbocycles. The molecule has 110 valence electrons. The average molecular weight is 281 g/mol. The Hall–Kier alpha value is -2.05. The van der Waals surface area contributed by atoms with Gasteiger partial charge >= 0.3 is 6.09 Å². The van der Waals surface area contributed by atoms with Crippen LogP contribution in [0.2, 0.25) is 0 Å². The zero-order valence-corrected chi connectivity index (χ0v) is 12.0. The van der Waals surface area contributed by atoms with Crippen LogP contribution in [0.1, 0.15) is 41.6 Å². The Morgan fingerprint density at radius 1 is 1.30 bits per heavy atom. The second-order valence-corrected chi connectivity index (χ2v) is 4.72. The number of aryl methyl sites for hydroxylation is 2. The highest BCUT2D eigenvalue weighted by molar-refractivity contribution is 5.97. The first kappa shape index (κ1) is 14.4. The summed E-state index contributed by atoms with van der Waals surface area (Å²) in [6, 6.07) is 0. The van der Waals surface area contributed by atoms with Gasteiger partial charge in [-0.05, 0) is 26.7 Å². The quantitative estimate of drug-likeness (QED) is 0.845. The van der Waals surface area contributed by atoms with Gasteiger partial charge in [0, 0.05) is 13.1 Å². The fourth-order valence-electron chi connectivity index (χ4n) is 2.19. The van der Waals surface area contributed by atoms with Crippen LogP contribution in [-0.2, 0) is 4.74 Å². The minimum Gasteiger partial charge on any atom is -0.448 e. The van der Waals surface area contributed by atoms with E-state index in [-0.39, 0.29) is 5.91 Å². The molecule has 0 bridgehead atoms. The lowest BCUT2D eigenvalue weighted by molar-refractivity contribution is 0.0131. The van der Waals surface area contributed by atoms with Crippen molar-refractivity contribution in [2.24, 2.45) is 0 Å². The van der Waals surface area contributed by atoms with Crippen LogP contribution in [0.3, 0.4) is 0 Å². The second kappa shape index (κ2) is 5.94. The summed E-state index contributed by atoms with van der Waals surface area (Å²) >= 11 is 0. The predicted octanol–water partition coefficient (Wildman–Crippen LogP) is 1.90. The van der Waals surface area contributed by atoms with Crippen molar-refractivity contribution < 1.29 is 18.8 Å². The molecule has 7 nitrogen and oxygen atoms in total. The molecule has 1 saturated heterocycles. The lowest BCUT2D eigenvalue weighted by Crippen LogP contribution is -2.45. The van der Waals surface area contributed by atoms with Crippen molar-refractivity contribution in [1.82, 2.24) is 15.2 Å². The summed E-state index contributed by atoms with van der Waals surface area (Å²) < 4.78 is 10.1. The van der Waals surface area contributed by atoms with Crippen LogP contribution in [0.5, 0.6) is 0 Å². The molecule has 0 spiro atoms. The topological polar surface area (TPSA) is 75.9 Å². The summed E-state index contributed by atoms with van der Waals surface area (Å²) in [6.07, 6.45) is 0.998. The highest BCUT2D eigenvalue weighted by Gasteiger charge is 2.34. The SMILES string of the molecule is CCCOC(=O)N1CCCN1C(=O)c1c(C)noc1C. The van der Waals surface area contributed by atoms with Gasteiger partial charge in [0.25, 0.3) is 5.91 Å². The minimum atomic E-state index is -0.482. The molecule has 20 heavy (non-hydrogen) atoms. The van der Waals surface area contributed by atoms with E-state index in [0.29, 0.717) is 36.7 Å². The molecule has 1 fully saturated rings. The number of nitrogens with zero attached hydrogens (tertiary/aromatic N) is 3. The van der Waals surface area contributed by atoms with E-state index in [1.807, 2.05) is 6.92 Å². The van der Waals surface area contributed by atoms with E-state index >= 15 is 0 Å². The van der Waals surface area contributed by atoms with Gasteiger partial charge in [-0.25, -0.2) is 14.8 Å². The Morgan fingerprint density at radius 3 is 2.60 bits per heavy atom. The summed E-state index contributed by atoms with van der Waals surface area (Å²) in [5.41, 5.74) is 0.946. The molecule has 2 heterocycles. The Balaban J connectivity index is 2.15. The fourth-order valence-corrected chi connectivity index (χ4v) is 2.19. The number of rotatable bonds is 3. The molecule has 1 aromatic rings. The van der Waals surface area contributed by atoms with Crippen LogP contribution in [0, 0.1) is 13.8 Å². The number of amides is 2. The number of carbonyl (C=O) groups excluding carboxylic acids is 2. The molecule has 0 unspecified atom stereocenters. The summed E-state index contributed by atoms with van der Waals surface area (Å²) in [6.45, 7) is 6.64. The first-order valence-corrected chi connectivity index (χ1v) is 6.75. The fraction of sp³-hybridized carbons (Fsp3) is 0.615. The average Bonchev–Trinajstić information content (AvgIpc) is 3.03. The largest absolute Gasteiger partial charge is 0.448 e. The summed E-state index contributed by atoms with van der Waals surface area (Å²) in [7, 11) is 0. The maximum atomic E-state index is 12.5. The molecule has 2 amide bonds. The third kappa shape index (κ3) is 2.61. The van der Waals surface area contributed by atoms with Crippen LogP contribution >= 0.6 is 0 Å². The first-order chi connectivity index (χ1) is 9.56. The molecule has 2 rings (SSSR count). The molecule has 1 aromatic heterocycles. The number of hydrazine groups is 1. The van der Waals surface area contributed by atoms with Crippen molar-refractivity contribution in [3.8, 4) is 0 Å². The van der Waals surface area contributed by atoms with Crippen molar-refractivity contribution in [2.45, 2.75) is 33.6 Å². The number of ether oxygens (including phenoxy) is 1. The lowest BCUT2D eigenvalue weighted by Gasteiger charge is -2.26. The van der Waals surface area contributed by atoms with Gasteiger partial charge in [-0.15, -0.1) is 0 Å². The molecular weight excluding hydrogens is 262 g/mol. The van der Waals surface area contributed by atoms with E-state index in [2.05, 4.69) is 5.16 Å². The Kier molecular flexibility index (Phi) is 4.26. The Labute approximate surface area is 117 Å². The zero-order valence-electron chi connectivity index (χ0n) is 12.0. The van der Waals surface area contributed by atoms with E-state index in [9.17, 15) is 9.59 Å². The van der Waals surface area contributed by atoms with E-state index in [1.165, 1.54) is 10.0 Å². The van der Waals surface area contributed by atoms with Crippen molar-refractivity contribution in [2.75, 3.05) is 19.7 Å². The van der Waals surface area contributed by atoms with E-state index < -0.39 is 6.09 Å². The highest BCUT2D eigenvalue weighted by atomic mass is 16.6. The molecule has 0 aliphatic carbocycles. The third-order valence-corrected chi connectivity index (χ3v) is 3.15. The maximum absolute atomic E-state index is 12.5. The van der Waals surface area contributed by atoms with Gasteiger partial charge in [-0.1, -0.05) is 12.1 Å². The molecule has 0 radical (unpaired) electrons. The third-order valence-electron chi connectivity index (χ3n) is 3.15. The summed E-state index contributed by atoms with van der Waals surface area (Å²) in [4.78, 5) is 24.4. The molecule has 1 aliphatic heterocycles. The standard InChI is InChI=1S/C13H19N3O4/c1-4-8-19-13(18)16-7-5-6-15(16)12(17)11-9(2)14-20-10(11)3/h4-8H2,1-3H3. The van der Waals surface area contributed by atoms with Gasteiger partial charge in [0.15, 0.2) is 0 Å². The number of hydrogen-bond donors (Lipinski definition) is 0. The van der Waals surface area contributed by atoms with Gasteiger partial charge in [-0.3, -0.25) is 4.79 Å². The molecule has 1 aliphatic rings. The second-order valence-electron chi connectivity index (χ2n) is 4.72. The first-order valence-electron chi connectivity index (χ1n) is 6.75. The van der Waals surface area contributed by atoms with E-state index in [4.69, 9.17) is 9.26 Å². The van der Waals surface area contributed by atoms with Crippen LogP contribution in [-0.4, -0.2) is 46.9 Å². The number of carbonyl (C=O) groups is 2. The summed E-state index contributed by atoms with van der Waals surface area (Å²) in [5.74, 6) is 0.188. The van der Waals surface area contributed by atoms with Gasteiger partial charge in [0.1, 0.15) is 11.3 Å². The lowest BCUT2D eigenvalue weighted by atomic mass is 10.2. The monoisotopic (exact) mass is 281 g/mol. The van der Waals surface area contributed by atoms with Gasteiger partial charge in [-0.2, -0.15) is 0 Å². The highest BCUT2D eigenvalue weighted by Crippen LogP contribution is 2.20. The Morgan fingerprint density at radius 2 is 2.00 bits per heavy atom. The van der Waals surface area contributed by atoms with Crippen LogP contribution in [0.15, 0.2) is 4.52 Å². The van der Waals surface area contributed by atoms with Crippen molar-refractivity contribution in [3.05, 3.63) is 17.0 Å². The Bertz CT molecular complexity index is 492. The number of hydrogen-bond acceptors (Lipinski definition) is 5. The smallest absolute Gasteiger partial charge is 0.428 e. The van der Waals surface area contributed by atoms with Crippen molar-refractivity contribution in [3.63, 3.8) is 0 Å². The van der Waals surface area contributed by atoms with Crippen LogP contribution < -0.4 is 0 Å². The molecule has 0 aromatic carbocycles. The van der Waals surface area contributed by atoms with E-state index in [1.54, 1.807) is 13.8 Å². The van der Waals surface area contributed by atoms with Crippen LogP contribution in [0.25, 0.3) is 0 Å². The molecular formula is C13H19N3O4. The van der Waals surface area contributed by atoms with Gasteiger partial charge in [0.05, 0.1) is 12.3 Å². The van der Waals surface area contributed by atoms with Gasteiger partial charge < -0.3 is 9.26 Å². The summed E-state index contributed by atoms with van der Waals surface area (Å²) in [5, 5.41) is 6.53. The molecule has 7 heteroatoms. The normalized spacial score (nSPS) is 14.8. The van der Waals surface area contributed by atoms with Gasteiger partial charge in [0.2, 0.25) is 0 Å². The molecule has 0 atom stereocenters. The minimum absolute atomic E-state index is 0.271. The predicted molar refractivity (Wildman–Crippen MR) is 70.0 cm³/mol. The van der Waals surface area contributed by atoms with E-state index in [0.717, 1.165) is 12.8 Å². The number of aromatic nitrogens is 1. The maximum Gasteiger partial charge on any atom is 0.428 e. The van der Waals surface area contributed by atoms with Crippen LogP contribution in [0.4, 0.5) is 4.79 Å². The van der Waals surface area contributed by atoms with Crippen molar-refractivity contribution >= 4 is 12.0 Å². The van der Waals surface area contributed by atoms with Crippen molar-refractivity contribution in [1.29, 1.82) is 0 Å². The zero-order chi connectivity index (χ0) is 14.7. The molecule has 0 N–H and O–H groups in total.